The number of hydrogen-bond acceptors (Lipinski definition) is 8. The van der Waals surface area contributed by atoms with Crippen LogP contribution in [0.4, 0.5) is 4.79 Å². The number of aldehydes is 1. The first-order chi connectivity index (χ1) is 20.6. The lowest BCUT2D eigenvalue weighted by Crippen LogP contribution is -2.60. The van der Waals surface area contributed by atoms with E-state index in [0.717, 1.165) is 51.7 Å². The molecule has 0 radical (unpaired) electrons. The number of ketones is 1. The minimum Gasteiger partial charge on any atom is -0.348 e. The molecule has 45 heavy (non-hydrogen) atoms. The Labute approximate surface area is 278 Å². The maximum Gasteiger partial charge on any atom is 0.315 e. The molecule has 0 aromatic rings. The molecule has 1 heterocycles. The number of carbonyl (C=O) groups excluding carboxylic acids is 5. The van der Waals surface area contributed by atoms with Crippen LogP contribution in [-0.2, 0) is 19.2 Å². The van der Waals surface area contributed by atoms with Gasteiger partial charge >= 0.3 is 6.03 Å². The van der Waals surface area contributed by atoms with Crippen LogP contribution in [0.15, 0.2) is 0 Å². The lowest BCUT2D eigenvalue weighted by atomic mass is 9.80. The number of likely N-dealkylation sites (tertiary alicyclic amines) is 1. The number of hydrogen-bond donors (Lipinski definition) is 4. The Morgan fingerprint density at radius 2 is 1.60 bits per heavy atom. The van der Waals surface area contributed by atoms with E-state index in [4.69, 9.17) is 0 Å². The predicted molar refractivity (Wildman–Crippen MR) is 187 cm³/mol. The van der Waals surface area contributed by atoms with Crippen LogP contribution in [0.2, 0.25) is 0 Å². The highest BCUT2D eigenvalue weighted by atomic mass is 32.2. The van der Waals surface area contributed by atoms with Crippen LogP contribution in [0, 0.1) is 16.7 Å². The molecular weight excluding hydrogens is 592 g/mol. The lowest BCUT2D eigenvalue weighted by Gasteiger charge is -2.38. The molecule has 1 aliphatic heterocycles. The SMILES string of the molecule is C.CCCN(CC(NC(=O)NC(C(=O)N1CCCC1C)C(C)(C)C)C(C)(C)C)SC.CN.O=CNC(CC1CCC1)C(=O)C=O. The largest absolute Gasteiger partial charge is 0.348 e. The second-order valence-electron chi connectivity index (χ2n) is 13.8. The number of amides is 4. The summed E-state index contributed by atoms with van der Waals surface area (Å²) >= 11 is 1.71. The van der Waals surface area contributed by atoms with Gasteiger partial charge in [0.2, 0.25) is 18.1 Å². The van der Waals surface area contributed by atoms with Crippen LogP contribution in [0.3, 0.4) is 0 Å². The summed E-state index contributed by atoms with van der Waals surface area (Å²) in [5.41, 5.74) is 4.05. The molecule has 1 saturated carbocycles. The minimum absolute atomic E-state index is 0. The van der Waals surface area contributed by atoms with E-state index in [-0.39, 0.29) is 48.6 Å². The number of Topliss-reactive ketones (excluding diaryl/α,β-unsaturated/α-hetero) is 1. The number of rotatable bonds is 14. The van der Waals surface area contributed by atoms with Gasteiger partial charge in [-0.2, -0.15) is 0 Å². The molecule has 264 valence electrons. The Hall–Kier alpha value is -2.18. The third kappa shape index (κ3) is 16.3. The van der Waals surface area contributed by atoms with Crippen molar-refractivity contribution in [2.45, 2.75) is 132 Å². The van der Waals surface area contributed by atoms with Gasteiger partial charge in [-0.1, -0.05) is 87.1 Å². The van der Waals surface area contributed by atoms with E-state index in [9.17, 15) is 24.0 Å². The first-order valence-electron chi connectivity index (χ1n) is 16.0. The van der Waals surface area contributed by atoms with Gasteiger partial charge in [-0.3, -0.25) is 19.2 Å². The Morgan fingerprint density at radius 1 is 1.00 bits per heavy atom. The predicted octanol–water partition coefficient (Wildman–Crippen LogP) is 4.39. The molecule has 1 aliphatic carbocycles. The zero-order valence-electron chi connectivity index (χ0n) is 29.0. The summed E-state index contributed by atoms with van der Waals surface area (Å²) < 4.78 is 2.29. The average Bonchev–Trinajstić information content (AvgIpc) is 3.37. The summed E-state index contributed by atoms with van der Waals surface area (Å²) in [6, 6.07) is -1.19. The monoisotopic (exact) mass is 658 g/mol. The standard InChI is InChI=1S/C22H44N4O2S.C9H13NO3.CH5N.CH4/c1-10-13-25(29-9)15-17(21(3,4)5)23-20(28)24-18(22(6,7)8)19(27)26-14-11-12-16(26)2;11-5-9(13)8(10-6-12)4-7-2-1-3-7;1-2;/h16-18H,10-15H2,1-9H3,(H2,23,24,28);5-8H,1-4H2,(H,10,12);2H2,1H3;1H4. The molecule has 1 saturated heterocycles. The van der Waals surface area contributed by atoms with Gasteiger partial charge in [-0.25, -0.2) is 9.10 Å². The summed E-state index contributed by atoms with van der Waals surface area (Å²) in [4.78, 5) is 59.4. The van der Waals surface area contributed by atoms with Crippen molar-refractivity contribution in [1.29, 1.82) is 0 Å². The highest BCUT2D eigenvalue weighted by Gasteiger charge is 2.39. The molecule has 0 aromatic carbocycles. The quantitative estimate of drug-likeness (QED) is 0.122. The number of urea groups is 1. The Balaban J connectivity index is 0. The highest BCUT2D eigenvalue weighted by Crippen LogP contribution is 2.30. The number of carbonyl (C=O) groups is 5. The van der Waals surface area contributed by atoms with Crippen LogP contribution in [0.1, 0.15) is 108 Å². The van der Waals surface area contributed by atoms with Gasteiger partial charge in [0.1, 0.15) is 6.04 Å². The molecule has 0 aromatic heterocycles. The van der Waals surface area contributed by atoms with E-state index in [0.29, 0.717) is 18.7 Å². The van der Waals surface area contributed by atoms with E-state index >= 15 is 0 Å². The fourth-order valence-corrected chi connectivity index (χ4v) is 5.81. The molecule has 2 fully saturated rings. The highest BCUT2D eigenvalue weighted by molar-refractivity contribution is 7.96. The third-order valence-corrected chi connectivity index (χ3v) is 9.06. The zero-order valence-corrected chi connectivity index (χ0v) is 29.9. The van der Waals surface area contributed by atoms with Gasteiger partial charge in [0.25, 0.3) is 0 Å². The van der Waals surface area contributed by atoms with Crippen molar-refractivity contribution < 1.29 is 24.0 Å². The third-order valence-electron chi connectivity index (χ3n) is 8.22. The first kappa shape index (κ1) is 44.9. The molecule has 4 unspecified atom stereocenters. The molecule has 0 spiro atoms. The number of nitrogens with two attached hydrogens (primary N) is 1. The van der Waals surface area contributed by atoms with E-state index in [1.807, 2.05) is 25.7 Å². The minimum atomic E-state index is -0.597. The summed E-state index contributed by atoms with van der Waals surface area (Å²) in [5, 5.41) is 8.55. The van der Waals surface area contributed by atoms with Crippen LogP contribution in [0.5, 0.6) is 0 Å². The maximum atomic E-state index is 13.2. The molecule has 0 bridgehead atoms. The smallest absolute Gasteiger partial charge is 0.315 e. The summed E-state index contributed by atoms with van der Waals surface area (Å²) in [5.74, 6) is 0.00188. The van der Waals surface area contributed by atoms with Crippen LogP contribution in [-0.4, -0.2) is 96.7 Å². The van der Waals surface area contributed by atoms with Crippen molar-refractivity contribution in [3.8, 4) is 0 Å². The fraction of sp³-hybridized carbons (Fsp3) is 0.848. The number of nitrogens with one attached hydrogen (secondary N) is 3. The molecule has 2 rings (SSSR count). The maximum absolute atomic E-state index is 13.2. The van der Waals surface area contributed by atoms with Crippen molar-refractivity contribution in [3.63, 3.8) is 0 Å². The van der Waals surface area contributed by atoms with E-state index < -0.39 is 17.9 Å². The van der Waals surface area contributed by atoms with Crippen molar-refractivity contribution in [2.24, 2.45) is 22.5 Å². The fourth-order valence-electron chi connectivity index (χ4n) is 5.14. The molecule has 4 atom stereocenters. The normalized spacial score (nSPS) is 18.3. The molecule has 4 amide bonds. The van der Waals surface area contributed by atoms with Crippen LogP contribution >= 0.6 is 11.9 Å². The first-order valence-corrected chi connectivity index (χ1v) is 17.2. The molecule has 12 heteroatoms. The van der Waals surface area contributed by atoms with Crippen molar-refractivity contribution in [2.75, 3.05) is 32.9 Å². The molecule has 11 nitrogen and oxygen atoms in total. The van der Waals surface area contributed by atoms with Gasteiger partial charge < -0.3 is 26.6 Å². The van der Waals surface area contributed by atoms with Gasteiger partial charge in [0.05, 0.1) is 6.04 Å². The average molecular weight is 659 g/mol. The Kier molecular flexibility index (Phi) is 22.3. The summed E-state index contributed by atoms with van der Waals surface area (Å²) in [7, 11) is 1.50. The van der Waals surface area contributed by atoms with Crippen molar-refractivity contribution >= 4 is 42.4 Å². The molecular formula is C33H66N6O5S. The van der Waals surface area contributed by atoms with E-state index in [1.165, 1.54) is 13.5 Å². The van der Waals surface area contributed by atoms with Crippen molar-refractivity contribution in [1.82, 2.24) is 25.2 Å². The van der Waals surface area contributed by atoms with Crippen LogP contribution < -0.4 is 21.7 Å². The van der Waals surface area contributed by atoms with Gasteiger partial charge in [-0.15, -0.1) is 0 Å². The van der Waals surface area contributed by atoms with Gasteiger partial charge in [0.15, 0.2) is 6.29 Å². The van der Waals surface area contributed by atoms with E-state index in [1.54, 1.807) is 11.9 Å². The zero-order chi connectivity index (χ0) is 34.1. The van der Waals surface area contributed by atoms with Gasteiger partial charge in [-0.05, 0) is 62.7 Å². The second-order valence-corrected chi connectivity index (χ2v) is 14.7. The number of nitrogens with zero attached hydrogens (tertiary/aromatic N) is 2. The van der Waals surface area contributed by atoms with Gasteiger partial charge in [0, 0.05) is 31.7 Å². The Morgan fingerprint density at radius 3 is 1.98 bits per heavy atom. The lowest BCUT2D eigenvalue weighted by molar-refractivity contribution is -0.136. The van der Waals surface area contributed by atoms with Crippen molar-refractivity contribution in [3.05, 3.63) is 0 Å². The van der Waals surface area contributed by atoms with Crippen LogP contribution in [0.25, 0.3) is 0 Å². The molecule has 2 aliphatic rings. The molecule has 5 N–H and O–H groups in total. The second kappa shape index (κ2) is 22.4. The Bertz CT molecular complexity index is 888. The van der Waals surface area contributed by atoms with E-state index in [2.05, 4.69) is 66.9 Å². The summed E-state index contributed by atoms with van der Waals surface area (Å²) in [6.07, 6.45) is 9.95. The topological polar surface area (TPSA) is 154 Å². The summed E-state index contributed by atoms with van der Waals surface area (Å²) in [6.45, 7) is 19.2.